The van der Waals surface area contributed by atoms with Crippen LogP contribution in [0.25, 0.3) is 0 Å². The molecule has 26 heavy (non-hydrogen) atoms. The molecule has 1 aromatic carbocycles. The minimum absolute atomic E-state index is 0.0275. The van der Waals surface area contributed by atoms with E-state index in [0.717, 1.165) is 18.4 Å². The number of likely N-dealkylation sites (N-methyl/N-ethyl adjacent to an activating group) is 1. The Morgan fingerprint density at radius 1 is 1.31 bits per heavy atom. The van der Waals surface area contributed by atoms with Crippen molar-refractivity contribution in [2.24, 2.45) is 11.7 Å². The third-order valence-electron chi connectivity index (χ3n) is 4.93. The Labute approximate surface area is 156 Å². The van der Waals surface area contributed by atoms with E-state index < -0.39 is 6.04 Å². The summed E-state index contributed by atoms with van der Waals surface area (Å²) in [6, 6.07) is 9.11. The number of carbonyl (C=O) groups excluding carboxylic acids is 2. The standard InChI is InChI=1S/C20H31N3O3/c1-4-23(20(25)26-14-16-9-6-5-7-10-16)17-11-8-12-22(13-17)19(24)18(21)15(2)3/h5-7,9-10,15,17-18H,4,8,11-14,21H2,1-3H3/t17?,18-/m0/s1. The highest BCUT2D eigenvalue weighted by Crippen LogP contribution is 2.19. The fraction of sp³-hybridized carbons (Fsp3) is 0.600. The van der Waals surface area contributed by atoms with Crippen LogP contribution in [-0.4, -0.2) is 53.5 Å². The summed E-state index contributed by atoms with van der Waals surface area (Å²) in [6.07, 6.45) is 1.40. The number of likely N-dealkylation sites (tertiary alicyclic amines) is 1. The molecule has 0 spiro atoms. The van der Waals surface area contributed by atoms with E-state index >= 15 is 0 Å². The van der Waals surface area contributed by atoms with Crippen molar-refractivity contribution in [1.82, 2.24) is 9.80 Å². The molecule has 2 amide bonds. The van der Waals surface area contributed by atoms with Crippen LogP contribution < -0.4 is 5.73 Å². The molecule has 2 N–H and O–H groups in total. The zero-order valence-corrected chi connectivity index (χ0v) is 16.1. The number of ether oxygens (including phenoxy) is 1. The van der Waals surface area contributed by atoms with Gasteiger partial charge in [0.25, 0.3) is 0 Å². The van der Waals surface area contributed by atoms with Gasteiger partial charge in [-0.05, 0) is 31.2 Å². The molecular formula is C20H31N3O3. The first kappa shape index (κ1) is 20.2. The molecular weight excluding hydrogens is 330 g/mol. The second-order valence-electron chi connectivity index (χ2n) is 7.18. The highest BCUT2D eigenvalue weighted by Gasteiger charge is 2.32. The second kappa shape index (κ2) is 9.57. The van der Waals surface area contributed by atoms with Gasteiger partial charge < -0.3 is 20.3 Å². The van der Waals surface area contributed by atoms with Gasteiger partial charge in [0.15, 0.2) is 0 Å². The van der Waals surface area contributed by atoms with Gasteiger partial charge >= 0.3 is 6.09 Å². The lowest BCUT2D eigenvalue weighted by atomic mass is 10.00. The average Bonchev–Trinajstić information content (AvgIpc) is 2.66. The SMILES string of the molecule is CCN(C(=O)OCc1ccccc1)C1CCCN(C(=O)[C@@H](N)C(C)C)C1. The molecule has 0 saturated carbocycles. The molecule has 1 aromatic rings. The lowest BCUT2D eigenvalue weighted by Crippen LogP contribution is -2.55. The fourth-order valence-corrected chi connectivity index (χ4v) is 3.24. The lowest BCUT2D eigenvalue weighted by Gasteiger charge is -2.39. The molecule has 0 radical (unpaired) electrons. The van der Waals surface area contributed by atoms with Gasteiger partial charge in [0.1, 0.15) is 6.61 Å². The zero-order valence-electron chi connectivity index (χ0n) is 16.1. The third kappa shape index (κ3) is 5.21. The summed E-state index contributed by atoms with van der Waals surface area (Å²) >= 11 is 0. The molecule has 144 valence electrons. The highest BCUT2D eigenvalue weighted by atomic mass is 16.6. The van der Waals surface area contributed by atoms with E-state index in [0.29, 0.717) is 19.6 Å². The molecule has 6 nitrogen and oxygen atoms in total. The van der Waals surface area contributed by atoms with Crippen LogP contribution in [0.4, 0.5) is 4.79 Å². The number of nitrogens with zero attached hydrogens (tertiary/aromatic N) is 2. The van der Waals surface area contributed by atoms with E-state index in [9.17, 15) is 9.59 Å². The van der Waals surface area contributed by atoms with Crippen molar-refractivity contribution >= 4 is 12.0 Å². The normalized spacial score (nSPS) is 18.5. The van der Waals surface area contributed by atoms with E-state index in [1.54, 1.807) is 9.80 Å². The van der Waals surface area contributed by atoms with Crippen LogP contribution in [0.15, 0.2) is 30.3 Å². The van der Waals surface area contributed by atoms with Crippen LogP contribution >= 0.6 is 0 Å². The first-order valence-electron chi connectivity index (χ1n) is 9.45. The molecule has 1 unspecified atom stereocenters. The molecule has 1 aliphatic rings. The Hall–Kier alpha value is -2.08. The number of benzene rings is 1. The van der Waals surface area contributed by atoms with Gasteiger partial charge in [-0.25, -0.2) is 4.79 Å². The minimum Gasteiger partial charge on any atom is -0.445 e. The first-order valence-corrected chi connectivity index (χ1v) is 9.45. The van der Waals surface area contributed by atoms with Gasteiger partial charge in [0, 0.05) is 19.6 Å². The maximum Gasteiger partial charge on any atom is 0.410 e. The van der Waals surface area contributed by atoms with Crippen molar-refractivity contribution in [3.8, 4) is 0 Å². The minimum atomic E-state index is -0.492. The molecule has 0 aliphatic carbocycles. The summed E-state index contributed by atoms with van der Waals surface area (Å²) < 4.78 is 5.47. The van der Waals surface area contributed by atoms with E-state index in [4.69, 9.17) is 10.5 Å². The number of amides is 2. The Balaban J connectivity index is 1.95. The molecule has 0 bridgehead atoms. The maximum atomic E-state index is 12.5. The molecule has 2 rings (SSSR count). The number of rotatable bonds is 6. The molecule has 1 fully saturated rings. The van der Waals surface area contributed by atoms with Gasteiger partial charge in [0.05, 0.1) is 12.1 Å². The van der Waals surface area contributed by atoms with Crippen LogP contribution in [0.3, 0.4) is 0 Å². The molecule has 0 aromatic heterocycles. The molecule has 2 atom stereocenters. The number of carbonyl (C=O) groups is 2. The molecule has 6 heteroatoms. The summed E-state index contributed by atoms with van der Waals surface area (Å²) in [5, 5.41) is 0. The van der Waals surface area contributed by atoms with Crippen molar-refractivity contribution in [2.45, 2.75) is 52.3 Å². The summed E-state index contributed by atoms with van der Waals surface area (Å²) in [5.74, 6) is 0.0689. The van der Waals surface area contributed by atoms with Crippen LogP contribution in [0.1, 0.15) is 39.2 Å². The predicted molar refractivity (Wildman–Crippen MR) is 101 cm³/mol. The van der Waals surface area contributed by atoms with Crippen molar-refractivity contribution < 1.29 is 14.3 Å². The van der Waals surface area contributed by atoms with Gasteiger partial charge in [-0.3, -0.25) is 4.79 Å². The first-order chi connectivity index (χ1) is 12.4. The third-order valence-corrected chi connectivity index (χ3v) is 4.93. The number of hydrogen-bond acceptors (Lipinski definition) is 4. The van der Waals surface area contributed by atoms with E-state index in [1.165, 1.54) is 0 Å². The molecule has 1 aliphatic heterocycles. The topological polar surface area (TPSA) is 75.9 Å². The predicted octanol–water partition coefficient (Wildman–Crippen LogP) is 2.62. The Kier molecular flexibility index (Phi) is 7.45. The summed E-state index contributed by atoms with van der Waals surface area (Å²) in [4.78, 5) is 28.6. The zero-order chi connectivity index (χ0) is 19.1. The van der Waals surface area contributed by atoms with Crippen LogP contribution in [0.2, 0.25) is 0 Å². The van der Waals surface area contributed by atoms with E-state index in [1.807, 2.05) is 51.1 Å². The lowest BCUT2D eigenvalue weighted by molar-refractivity contribution is -0.135. The van der Waals surface area contributed by atoms with E-state index in [2.05, 4.69) is 0 Å². The number of nitrogens with two attached hydrogens (primary N) is 1. The van der Waals surface area contributed by atoms with Gasteiger partial charge in [-0.2, -0.15) is 0 Å². The maximum absolute atomic E-state index is 12.5. The van der Waals surface area contributed by atoms with Gasteiger partial charge in [0.2, 0.25) is 5.91 Å². The van der Waals surface area contributed by atoms with Crippen molar-refractivity contribution in [1.29, 1.82) is 0 Å². The van der Waals surface area contributed by atoms with Gasteiger partial charge in [-0.1, -0.05) is 44.2 Å². The van der Waals surface area contributed by atoms with Crippen LogP contribution in [0.5, 0.6) is 0 Å². The number of piperidine rings is 1. The van der Waals surface area contributed by atoms with Crippen molar-refractivity contribution in [2.75, 3.05) is 19.6 Å². The summed E-state index contributed by atoms with van der Waals surface area (Å²) in [6.45, 7) is 7.86. The highest BCUT2D eigenvalue weighted by molar-refractivity contribution is 5.82. The summed E-state index contributed by atoms with van der Waals surface area (Å²) in [7, 11) is 0. The smallest absolute Gasteiger partial charge is 0.410 e. The Bertz CT molecular complexity index is 591. The number of hydrogen-bond donors (Lipinski definition) is 1. The van der Waals surface area contributed by atoms with E-state index in [-0.39, 0.29) is 30.6 Å². The monoisotopic (exact) mass is 361 g/mol. The van der Waals surface area contributed by atoms with Crippen molar-refractivity contribution in [3.63, 3.8) is 0 Å². The van der Waals surface area contributed by atoms with Crippen molar-refractivity contribution in [3.05, 3.63) is 35.9 Å². The fourth-order valence-electron chi connectivity index (χ4n) is 3.24. The van der Waals surface area contributed by atoms with Crippen LogP contribution in [0, 0.1) is 5.92 Å². The summed E-state index contributed by atoms with van der Waals surface area (Å²) in [5.41, 5.74) is 6.98. The molecule has 1 heterocycles. The molecule has 1 saturated heterocycles. The Morgan fingerprint density at radius 2 is 2.00 bits per heavy atom. The second-order valence-corrected chi connectivity index (χ2v) is 7.18. The largest absolute Gasteiger partial charge is 0.445 e. The van der Waals surface area contributed by atoms with Crippen LogP contribution in [-0.2, 0) is 16.1 Å². The van der Waals surface area contributed by atoms with Gasteiger partial charge in [-0.15, -0.1) is 0 Å². The average molecular weight is 361 g/mol. The quantitative estimate of drug-likeness (QED) is 0.845. The Morgan fingerprint density at radius 3 is 2.62 bits per heavy atom.